The average Bonchev–Trinajstić information content (AvgIpc) is 3.34. The van der Waals surface area contributed by atoms with Crippen LogP contribution in [0, 0.1) is 0 Å². The van der Waals surface area contributed by atoms with Gasteiger partial charge in [0.25, 0.3) is 0 Å². The van der Waals surface area contributed by atoms with Gasteiger partial charge in [-0.25, -0.2) is 17.9 Å². The van der Waals surface area contributed by atoms with Gasteiger partial charge < -0.3 is 10.0 Å². The predicted molar refractivity (Wildman–Crippen MR) is 88.0 cm³/mol. The molecule has 0 aromatic heterocycles. The molecule has 0 saturated heterocycles. The molecule has 0 spiro atoms. The lowest BCUT2D eigenvalue weighted by molar-refractivity contribution is -0.148. The SMILES string of the molecule is CC(C(=O)O)N(C)C(=O)CCc1ccc(S(=O)(=O)NC2CC2)cc1. The number of aliphatic carboxylic acids is 1. The number of sulfonamides is 1. The Kier molecular flexibility index (Phi) is 5.61. The molecular formula is C16H22N2O5S. The van der Waals surface area contributed by atoms with E-state index in [0.29, 0.717) is 6.42 Å². The number of carboxylic acids is 1. The van der Waals surface area contributed by atoms with Crippen LogP contribution in [0.3, 0.4) is 0 Å². The normalized spacial score (nSPS) is 15.8. The third-order valence-electron chi connectivity index (χ3n) is 4.09. The molecule has 1 saturated carbocycles. The van der Waals surface area contributed by atoms with Gasteiger partial charge in [-0.05, 0) is 43.9 Å². The Labute approximate surface area is 141 Å². The van der Waals surface area contributed by atoms with E-state index in [2.05, 4.69) is 4.72 Å². The molecule has 1 aliphatic rings. The Balaban J connectivity index is 1.92. The number of carbonyl (C=O) groups excluding carboxylic acids is 1. The van der Waals surface area contributed by atoms with Gasteiger partial charge in [0, 0.05) is 19.5 Å². The zero-order chi connectivity index (χ0) is 17.9. The summed E-state index contributed by atoms with van der Waals surface area (Å²) in [5.41, 5.74) is 0.824. The number of amides is 1. The second-order valence-corrected chi connectivity index (χ2v) is 7.77. The molecule has 1 unspecified atom stereocenters. The third kappa shape index (κ3) is 4.78. The van der Waals surface area contributed by atoms with Crippen molar-refractivity contribution >= 4 is 21.9 Å². The summed E-state index contributed by atoms with van der Waals surface area (Å²) in [7, 11) is -2.01. The molecule has 1 fully saturated rings. The van der Waals surface area contributed by atoms with E-state index in [9.17, 15) is 18.0 Å². The molecule has 0 aliphatic heterocycles. The highest BCUT2D eigenvalue weighted by atomic mass is 32.2. The Morgan fingerprint density at radius 3 is 2.38 bits per heavy atom. The minimum Gasteiger partial charge on any atom is -0.480 e. The fourth-order valence-corrected chi connectivity index (χ4v) is 3.44. The van der Waals surface area contributed by atoms with Crippen molar-refractivity contribution in [3.8, 4) is 0 Å². The van der Waals surface area contributed by atoms with Gasteiger partial charge in [0.15, 0.2) is 0 Å². The van der Waals surface area contributed by atoms with E-state index >= 15 is 0 Å². The molecule has 0 radical (unpaired) electrons. The van der Waals surface area contributed by atoms with E-state index in [1.165, 1.54) is 31.0 Å². The number of likely N-dealkylation sites (N-methyl/N-ethyl adjacent to an activating group) is 1. The monoisotopic (exact) mass is 354 g/mol. The molecule has 8 heteroatoms. The number of carbonyl (C=O) groups is 2. The maximum atomic E-state index is 12.1. The highest BCUT2D eigenvalue weighted by molar-refractivity contribution is 7.89. The summed E-state index contributed by atoms with van der Waals surface area (Å²) in [5.74, 6) is -1.32. The maximum absolute atomic E-state index is 12.1. The van der Waals surface area contributed by atoms with Crippen molar-refractivity contribution in [3.05, 3.63) is 29.8 Å². The van der Waals surface area contributed by atoms with Gasteiger partial charge in [0.05, 0.1) is 4.90 Å². The Hall–Kier alpha value is -1.93. The average molecular weight is 354 g/mol. The molecule has 132 valence electrons. The second-order valence-electron chi connectivity index (χ2n) is 6.06. The topological polar surface area (TPSA) is 104 Å². The quantitative estimate of drug-likeness (QED) is 0.724. The smallest absolute Gasteiger partial charge is 0.326 e. The van der Waals surface area contributed by atoms with Crippen LogP contribution in [0.1, 0.15) is 31.7 Å². The summed E-state index contributed by atoms with van der Waals surface area (Å²) < 4.78 is 26.7. The molecule has 24 heavy (non-hydrogen) atoms. The molecule has 1 atom stereocenters. The van der Waals surface area contributed by atoms with Crippen molar-refractivity contribution in [2.75, 3.05) is 7.05 Å². The van der Waals surface area contributed by atoms with Crippen LogP contribution in [0.2, 0.25) is 0 Å². The van der Waals surface area contributed by atoms with E-state index in [1.54, 1.807) is 12.1 Å². The molecule has 0 heterocycles. The van der Waals surface area contributed by atoms with Crippen LogP contribution >= 0.6 is 0 Å². The lowest BCUT2D eigenvalue weighted by atomic mass is 10.1. The standard InChI is InChI=1S/C16H22N2O5S/c1-11(16(20)21)18(2)15(19)10-5-12-3-8-14(9-4-12)24(22,23)17-13-6-7-13/h3-4,8-9,11,13,17H,5-7,10H2,1-2H3,(H,20,21). The summed E-state index contributed by atoms with van der Waals surface area (Å²) in [5, 5.41) is 8.90. The van der Waals surface area contributed by atoms with E-state index in [-0.39, 0.29) is 23.3 Å². The first-order valence-electron chi connectivity index (χ1n) is 7.80. The minimum atomic E-state index is -3.47. The van der Waals surface area contributed by atoms with Crippen LogP contribution in [0.5, 0.6) is 0 Å². The minimum absolute atomic E-state index is 0.0547. The van der Waals surface area contributed by atoms with Gasteiger partial charge in [-0.1, -0.05) is 12.1 Å². The summed E-state index contributed by atoms with van der Waals surface area (Å²) in [6.07, 6.45) is 2.34. The van der Waals surface area contributed by atoms with Crippen LogP contribution in [0.4, 0.5) is 0 Å². The first-order chi connectivity index (χ1) is 11.2. The first-order valence-corrected chi connectivity index (χ1v) is 9.29. The summed E-state index contributed by atoms with van der Waals surface area (Å²) in [6, 6.07) is 5.57. The molecule has 1 aromatic carbocycles. The predicted octanol–water partition coefficient (Wildman–Crippen LogP) is 0.991. The van der Waals surface area contributed by atoms with Crippen LogP contribution in [0.25, 0.3) is 0 Å². The number of nitrogens with zero attached hydrogens (tertiary/aromatic N) is 1. The molecule has 0 bridgehead atoms. The lowest BCUT2D eigenvalue weighted by Crippen LogP contribution is -2.40. The van der Waals surface area contributed by atoms with Crippen molar-refractivity contribution in [1.29, 1.82) is 0 Å². The van der Waals surface area contributed by atoms with Gasteiger partial charge in [-0.15, -0.1) is 0 Å². The van der Waals surface area contributed by atoms with E-state index in [4.69, 9.17) is 5.11 Å². The first kappa shape index (κ1) is 18.4. The van der Waals surface area contributed by atoms with Gasteiger partial charge in [-0.3, -0.25) is 4.79 Å². The fraction of sp³-hybridized carbons (Fsp3) is 0.500. The Morgan fingerprint density at radius 1 is 1.29 bits per heavy atom. The largest absolute Gasteiger partial charge is 0.480 e. The maximum Gasteiger partial charge on any atom is 0.326 e. The van der Waals surface area contributed by atoms with Gasteiger partial charge in [-0.2, -0.15) is 0 Å². The van der Waals surface area contributed by atoms with Gasteiger partial charge >= 0.3 is 5.97 Å². The number of hydrogen-bond donors (Lipinski definition) is 2. The van der Waals surface area contributed by atoms with Crippen LogP contribution in [-0.4, -0.2) is 49.4 Å². The summed E-state index contributed by atoms with van der Waals surface area (Å²) >= 11 is 0. The number of benzene rings is 1. The van der Waals surface area contributed by atoms with Gasteiger partial charge in [0.1, 0.15) is 6.04 Å². The van der Waals surface area contributed by atoms with Crippen molar-refractivity contribution in [2.24, 2.45) is 0 Å². The van der Waals surface area contributed by atoms with Crippen molar-refractivity contribution in [2.45, 2.75) is 49.6 Å². The number of nitrogens with one attached hydrogen (secondary N) is 1. The van der Waals surface area contributed by atoms with E-state index < -0.39 is 22.0 Å². The molecule has 2 rings (SSSR count). The lowest BCUT2D eigenvalue weighted by Gasteiger charge is -2.21. The van der Waals surface area contributed by atoms with Crippen LogP contribution in [0.15, 0.2) is 29.2 Å². The molecule has 1 aromatic rings. The van der Waals surface area contributed by atoms with Crippen LogP contribution in [-0.2, 0) is 26.0 Å². The van der Waals surface area contributed by atoms with E-state index in [0.717, 1.165) is 18.4 Å². The summed E-state index contributed by atoms with van der Waals surface area (Å²) in [4.78, 5) is 24.3. The molecule has 2 N–H and O–H groups in total. The van der Waals surface area contributed by atoms with Crippen molar-refractivity contribution < 1.29 is 23.1 Å². The van der Waals surface area contributed by atoms with Crippen molar-refractivity contribution in [3.63, 3.8) is 0 Å². The Morgan fingerprint density at radius 2 is 1.88 bits per heavy atom. The zero-order valence-corrected chi connectivity index (χ0v) is 14.5. The highest BCUT2D eigenvalue weighted by Gasteiger charge is 2.27. The highest BCUT2D eigenvalue weighted by Crippen LogP contribution is 2.22. The molecule has 7 nitrogen and oxygen atoms in total. The van der Waals surface area contributed by atoms with E-state index in [1.807, 2.05) is 0 Å². The summed E-state index contributed by atoms with van der Waals surface area (Å²) in [6.45, 7) is 1.45. The third-order valence-corrected chi connectivity index (χ3v) is 5.63. The molecule has 1 amide bonds. The fourth-order valence-electron chi connectivity index (χ4n) is 2.13. The second kappa shape index (κ2) is 7.31. The molecular weight excluding hydrogens is 332 g/mol. The zero-order valence-electron chi connectivity index (χ0n) is 13.7. The van der Waals surface area contributed by atoms with Gasteiger partial charge in [0.2, 0.25) is 15.9 Å². The van der Waals surface area contributed by atoms with Crippen LogP contribution < -0.4 is 4.72 Å². The number of carboxylic acid groups (broad SMARTS) is 1. The molecule has 1 aliphatic carbocycles. The number of rotatable bonds is 8. The van der Waals surface area contributed by atoms with Crippen molar-refractivity contribution in [1.82, 2.24) is 9.62 Å². The number of aryl methyl sites for hydroxylation is 1. The Bertz CT molecular complexity index is 710. The number of hydrogen-bond acceptors (Lipinski definition) is 4.